The van der Waals surface area contributed by atoms with E-state index < -0.39 is 11.8 Å². The molecule has 1 atom stereocenters. The van der Waals surface area contributed by atoms with Gasteiger partial charge >= 0.3 is 6.16 Å². The lowest BCUT2D eigenvalue weighted by atomic mass is 10.2. The highest BCUT2D eigenvalue weighted by Gasteiger charge is 2.17. The van der Waals surface area contributed by atoms with Gasteiger partial charge in [-0.1, -0.05) is 73.4 Å². The van der Waals surface area contributed by atoms with Gasteiger partial charge in [-0.05, 0) is 87.7 Å². The predicted octanol–water partition coefficient (Wildman–Crippen LogP) is 8.52. The Morgan fingerprint density at radius 3 is 1.82 bits per heavy atom. The van der Waals surface area contributed by atoms with Crippen molar-refractivity contribution in [3.63, 3.8) is 0 Å². The number of allylic oxidation sites excluding steroid dienone is 2. The highest BCUT2D eigenvalue weighted by atomic mass is 16.7. The SMILES string of the molecule is C=Cc1ccc(OC(=O)OC(C)(C)C)cc1.CCOC(C)Oc1ccc(C=CC=Cc2ccc(O)cc2)cc1. The normalized spacial score (nSPS) is 11.9. The Morgan fingerprint density at radius 2 is 1.33 bits per heavy atom. The van der Waals surface area contributed by atoms with Crippen LogP contribution in [0.2, 0.25) is 0 Å². The number of rotatable bonds is 9. The van der Waals surface area contributed by atoms with Crippen molar-refractivity contribution in [3.8, 4) is 17.2 Å². The third-order valence-electron chi connectivity index (χ3n) is 4.87. The molecule has 0 aromatic heterocycles. The summed E-state index contributed by atoms with van der Waals surface area (Å²) >= 11 is 0. The van der Waals surface area contributed by atoms with Crippen molar-refractivity contribution in [3.05, 3.63) is 108 Å². The van der Waals surface area contributed by atoms with Gasteiger partial charge in [0, 0.05) is 6.61 Å². The van der Waals surface area contributed by atoms with Gasteiger partial charge in [-0.3, -0.25) is 0 Å². The Labute approximate surface area is 231 Å². The molecular formula is C33H38O6. The van der Waals surface area contributed by atoms with E-state index in [1.807, 2.05) is 86.7 Å². The molecule has 0 fully saturated rings. The smallest absolute Gasteiger partial charge is 0.508 e. The molecule has 3 rings (SSSR count). The van der Waals surface area contributed by atoms with E-state index in [9.17, 15) is 9.90 Å². The molecule has 1 N–H and O–H groups in total. The number of carbonyl (C=O) groups is 1. The third kappa shape index (κ3) is 13.2. The molecule has 0 saturated heterocycles. The van der Waals surface area contributed by atoms with Crippen molar-refractivity contribution in [2.75, 3.05) is 6.61 Å². The number of ether oxygens (including phenoxy) is 4. The lowest BCUT2D eigenvalue weighted by Crippen LogP contribution is -2.25. The van der Waals surface area contributed by atoms with Gasteiger partial charge in [0.05, 0.1) is 0 Å². The quantitative estimate of drug-likeness (QED) is 0.129. The van der Waals surface area contributed by atoms with Crippen molar-refractivity contribution in [2.45, 2.75) is 46.5 Å². The molecule has 0 aliphatic heterocycles. The molecule has 0 radical (unpaired) electrons. The zero-order chi connectivity index (χ0) is 28.7. The first-order valence-corrected chi connectivity index (χ1v) is 12.7. The first-order valence-electron chi connectivity index (χ1n) is 12.7. The molecule has 0 bridgehead atoms. The van der Waals surface area contributed by atoms with E-state index in [1.54, 1.807) is 51.1 Å². The van der Waals surface area contributed by atoms with E-state index in [2.05, 4.69) is 6.58 Å². The lowest BCUT2D eigenvalue weighted by Gasteiger charge is -2.18. The maximum Gasteiger partial charge on any atom is 0.514 e. The van der Waals surface area contributed by atoms with E-state index in [0.717, 1.165) is 22.4 Å². The van der Waals surface area contributed by atoms with Crippen LogP contribution >= 0.6 is 0 Å². The van der Waals surface area contributed by atoms with E-state index in [4.69, 9.17) is 18.9 Å². The molecule has 0 amide bonds. The Hall–Kier alpha value is -4.29. The van der Waals surface area contributed by atoms with Crippen LogP contribution in [0.1, 0.15) is 51.3 Å². The first-order chi connectivity index (χ1) is 18.6. The van der Waals surface area contributed by atoms with E-state index in [-0.39, 0.29) is 12.0 Å². The van der Waals surface area contributed by atoms with Gasteiger partial charge in [0.1, 0.15) is 22.8 Å². The maximum absolute atomic E-state index is 11.3. The van der Waals surface area contributed by atoms with E-state index in [0.29, 0.717) is 12.4 Å². The summed E-state index contributed by atoms with van der Waals surface area (Å²) < 4.78 is 21.0. The standard InChI is InChI=1S/C20H22O3.C13H16O3/c1-3-22-16(2)23-20-14-10-18(11-15-20)7-5-4-6-17-8-12-19(21)13-9-17;1-5-10-6-8-11(9-7-10)15-12(14)16-13(2,3)4/h4-16,21H,3H2,1-2H3;5-9H,1H2,2-4H3. The van der Waals surface area contributed by atoms with Crippen molar-refractivity contribution in [1.29, 1.82) is 0 Å². The summed E-state index contributed by atoms with van der Waals surface area (Å²) in [6.07, 6.45) is 8.73. The van der Waals surface area contributed by atoms with Gasteiger partial charge in [0.2, 0.25) is 0 Å². The van der Waals surface area contributed by atoms with Gasteiger partial charge in [-0.25, -0.2) is 4.79 Å². The van der Waals surface area contributed by atoms with Gasteiger partial charge in [-0.15, -0.1) is 0 Å². The molecule has 0 saturated carbocycles. The van der Waals surface area contributed by atoms with Crippen LogP contribution in [0.4, 0.5) is 4.79 Å². The summed E-state index contributed by atoms with van der Waals surface area (Å²) in [5, 5.41) is 9.23. The number of phenolic OH excluding ortho intramolecular Hbond substituents is 1. The molecule has 3 aromatic carbocycles. The minimum Gasteiger partial charge on any atom is -0.508 e. The highest BCUT2D eigenvalue weighted by molar-refractivity contribution is 5.64. The molecule has 6 heteroatoms. The summed E-state index contributed by atoms with van der Waals surface area (Å²) in [6, 6.07) is 21.9. The van der Waals surface area contributed by atoms with Crippen LogP contribution in [0.5, 0.6) is 17.2 Å². The predicted molar refractivity (Wildman–Crippen MR) is 158 cm³/mol. The summed E-state index contributed by atoms with van der Waals surface area (Å²) in [4.78, 5) is 11.3. The van der Waals surface area contributed by atoms with Crippen LogP contribution in [0.15, 0.2) is 91.5 Å². The van der Waals surface area contributed by atoms with E-state index in [1.165, 1.54) is 0 Å². The number of hydrogen-bond acceptors (Lipinski definition) is 6. The molecule has 6 nitrogen and oxygen atoms in total. The minimum atomic E-state index is -0.696. The second kappa shape index (κ2) is 15.8. The zero-order valence-corrected chi connectivity index (χ0v) is 23.3. The van der Waals surface area contributed by atoms with Crippen LogP contribution in [0.25, 0.3) is 18.2 Å². The molecule has 3 aromatic rings. The molecule has 0 aliphatic carbocycles. The fourth-order valence-electron chi connectivity index (χ4n) is 3.08. The summed E-state index contributed by atoms with van der Waals surface area (Å²) in [5.74, 6) is 1.53. The Bertz CT molecular complexity index is 1200. The van der Waals surface area contributed by atoms with Crippen molar-refractivity contribution >= 4 is 24.4 Å². The fourth-order valence-corrected chi connectivity index (χ4v) is 3.08. The van der Waals surface area contributed by atoms with Crippen LogP contribution in [-0.2, 0) is 9.47 Å². The molecule has 0 heterocycles. The summed E-state index contributed by atoms with van der Waals surface area (Å²) in [6.45, 7) is 13.5. The van der Waals surface area contributed by atoms with Crippen LogP contribution < -0.4 is 9.47 Å². The molecular weight excluding hydrogens is 492 g/mol. The largest absolute Gasteiger partial charge is 0.514 e. The Morgan fingerprint density at radius 1 is 0.846 bits per heavy atom. The minimum absolute atomic E-state index is 0.241. The van der Waals surface area contributed by atoms with Crippen molar-refractivity contribution in [2.24, 2.45) is 0 Å². The van der Waals surface area contributed by atoms with Gasteiger partial charge in [0.25, 0.3) is 0 Å². The zero-order valence-electron chi connectivity index (χ0n) is 23.3. The number of hydrogen-bond donors (Lipinski definition) is 1. The Kier molecular flexibility index (Phi) is 12.6. The summed E-state index contributed by atoms with van der Waals surface area (Å²) in [5.41, 5.74) is 2.56. The molecule has 206 valence electrons. The van der Waals surface area contributed by atoms with Gasteiger partial charge in [0.15, 0.2) is 6.29 Å². The second-order valence-corrected chi connectivity index (χ2v) is 9.36. The molecule has 39 heavy (non-hydrogen) atoms. The molecule has 0 aliphatic rings. The number of carbonyl (C=O) groups excluding carboxylic acids is 1. The van der Waals surface area contributed by atoms with Crippen LogP contribution in [0, 0.1) is 0 Å². The van der Waals surface area contributed by atoms with Crippen molar-refractivity contribution in [1.82, 2.24) is 0 Å². The van der Waals surface area contributed by atoms with Crippen molar-refractivity contribution < 1.29 is 28.8 Å². The fraction of sp³-hybridized carbons (Fsp3) is 0.242. The monoisotopic (exact) mass is 530 g/mol. The third-order valence-corrected chi connectivity index (χ3v) is 4.87. The maximum atomic E-state index is 11.3. The second-order valence-electron chi connectivity index (χ2n) is 9.36. The first kappa shape index (κ1) is 30.9. The molecule has 1 unspecified atom stereocenters. The van der Waals surface area contributed by atoms with Crippen LogP contribution in [0.3, 0.4) is 0 Å². The lowest BCUT2D eigenvalue weighted by molar-refractivity contribution is -0.0613. The Balaban J connectivity index is 0.000000293. The number of benzene rings is 3. The number of phenols is 1. The average molecular weight is 531 g/mol. The topological polar surface area (TPSA) is 74.2 Å². The van der Waals surface area contributed by atoms with Crippen LogP contribution in [-0.4, -0.2) is 29.8 Å². The summed E-state index contributed by atoms with van der Waals surface area (Å²) in [7, 11) is 0. The van der Waals surface area contributed by atoms with E-state index >= 15 is 0 Å². The average Bonchev–Trinajstić information content (AvgIpc) is 2.88. The van der Waals surface area contributed by atoms with Gasteiger partial charge in [-0.2, -0.15) is 0 Å². The number of aromatic hydroxyl groups is 1. The molecule has 0 spiro atoms. The highest BCUT2D eigenvalue weighted by Crippen LogP contribution is 2.17. The van der Waals surface area contributed by atoms with Gasteiger partial charge < -0.3 is 24.1 Å².